The van der Waals surface area contributed by atoms with Crippen molar-refractivity contribution in [3.8, 4) is 5.75 Å². The lowest BCUT2D eigenvalue weighted by atomic mass is 9.54. The molecule has 0 heterocycles. The largest absolute Gasteiger partial charge is 0.508 e. The quantitative estimate of drug-likeness (QED) is 0.779. The number of hydrogen-bond acceptors (Lipinski definition) is 3. The van der Waals surface area contributed by atoms with E-state index in [1.807, 2.05) is 42.5 Å². The lowest BCUT2D eigenvalue weighted by molar-refractivity contribution is 0.0964. The third kappa shape index (κ3) is 3.48. The molecular formula is C24H29NO3. The molecule has 148 valence electrons. The van der Waals surface area contributed by atoms with Crippen LogP contribution < -0.4 is 5.32 Å². The Balaban J connectivity index is 1.54. The Labute approximate surface area is 166 Å². The van der Waals surface area contributed by atoms with E-state index in [-0.39, 0.29) is 24.2 Å². The summed E-state index contributed by atoms with van der Waals surface area (Å²) in [5, 5.41) is 13.3. The number of amides is 1. The number of phenolic OH excluding ortho intramolecular Hbond substituents is 1. The Bertz CT molecular complexity index is 835. The lowest BCUT2D eigenvalue weighted by Gasteiger charge is -2.52. The van der Waals surface area contributed by atoms with Crippen molar-refractivity contribution in [3.63, 3.8) is 0 Å². The number of phenols is 1. The fourth-order valence-corrected chi connectivity index (χ4v) is 5.47. The van der Waals surface area contributed by atoms with Crippen LogP contribution in [-0.2, 0) is 23.2 Å². The molecule has 1 saturated carbocycles. The minimum atomic E-state index is -0.341. The number of ether oxygens (including phenoxy) is 1. The van der Waals surface area contributed by atoms with Gasteiger partial charge in [0.25, 0.3) is 0 Å². The highest BCUT2D eigenvalue weighted by molar-refractivity contribution is 5.68. The van der Waals surface area contributed by atoms with E-state index in [0.29, 0.717) is 11.7 Å². The van der Waals surface area contributed by atoms with Gasteiger partial charge in [-0.1, -0.05) is 56.2 Å². The summed E-state index contributed by atoms with van der Waals surface area (Å²) >= 11 is 0. The number of fused-ring (bicyclic) bond motifs is 3. The molecule has 1 amide bonds. The first-order chi connectivity index (χ1) is 13.6. The number of nitrogens with one attached hydrogen (secondary N) is 1. The number of carbonyl (C=O) groups excluding carboxylic acids is 1. The highest BCUT2D eigenvalue weighted by Gasteiger charge is 2.49. The molecule has 2 aromatic carbocycles. The van der Waals surface area contributed by atoms with Crippen molar-refractivity contribution in [2.75, 3.05) is 0 Å². The van der Waals surface area contributed by atoms with Crippen LogP contribution in [0, 0.1) is 5.92 Å². The second kappa shape index (κ2) is 7.86. The summed E-state index contributed by atoms with van der Waals surface area (Å²) < 4.78 is 5.49. The fourth-order valence-electron chi connectivity index (χ4n) is 5.47. The lowest BCUT2D eigenvalue weighted by Crippen LogP contribution is -2.55. The van der Waals surface area contributed by atoms with E-state index in [0.717, 1.165) is 31.2 Å². The Morgan fingerprint density at radius 2 is 2.04 bits per heavy atom. The maximum absolute atomic E-state index is 12.5. The Kier molecular flexibility index (Phi) is 5.29. The van der Waals surface area contributed by atoms with Crippen LogP contribution in [0.25, 0.3) is 0 Å². The molecule has 28 heavy (non-hydrogen) atoms. The molecule has 0 saturated heterocycles. The average molecular weight is 380 g/mol. The third-order valence-electron chi connectivity index (χ3n) is 6.80. The molecule has 4 rings (SSSR count). The second-order valence-corrected chi connectivity index (χ2v) is 8.22. The summed E-state index contributed by atoms with van der Waals surface area (Å²) in [6.45, 7) is 2.52. The van der Waals surface area contributed by atoms with Gasteiger partial charge in [-0.15, -0.1) is 0 Å². The first kappa shape index (κ1) is 18.9. The van der Waals surface area contributed by atoms with Crippen LogP contribution in [0.2, 0.25) is 0 Å². The summed E-state index contributed by atoms with van der Waals surface area (Å²) in [5.74, 6) is 0.717. The smallest absolute Gasteiger partial charge is 0.407 e. The van der Waals surface area contributed by atoms with Crippen molar-refractivity contribution in [2.24, 2.45) is 5.92 Å². The van der Waals surface area contributed by atoms with Gasteiger partial charge in [0.2, 0.25) is 0 Å². The zero-order valence-electron chi connectivity index (χ0n) is 16.5. The topological polar surface area (TPSA) is 58.6 Å². The third-order valence-corrected chi connectivity index (χ3v) is 6.80. The first-order valence-electron chi connectivity index (χ1n) is 10.4. The molecule has 0 bridgehead atoms. The highest BCUT2D eigenvalue weighted by atomic mass is 16.5. The Morgan fingerprint density at radius 3 is 2.82 bits per heavy atom. The SMILES string of the molecule is CC[C@@]12CCCC[C@@H]1[C@@H](NC(=O)OCc1ccccc1)Cc1ccc(O)cc12. The molecule has 2 aromatic rings. The Morgan fingerprint density at radius 1 is 1.21 bits per heavy atom. The van der Waals surface area contributed by atoms with Gasteiger partial charge in [0.1, 0.15) is 12.4 Å². The summed E-state index contributed by atoms with van der Waals surface area (Å²) in [6.07, 6.45) is 6.08. The van der Waals surface area contributed by atoms with E-state index < -0.39 is 0 Å². The normalized spacial score (nSPS) is 26.0. The molecule has 4 heteroatoms. The molecule has 4 nitrogen and oxygen atoms in total. The number of hydrogen-bond donors (Lipinski definition) is 2. The van der Waals surface area contributed by atoms with E-state index in [1.165, 1.54) is 24.0 Å². The van der Waals surface area contributed by atoms with Gasteiger partial charge < -0.3 is 15.2 Å². The molecule has 0 radical (unpaired) electrons. The molecule has 2 N–H and O–H groups in total. The van der Waals surface area contributed by atoms with Gasteiger partial charge in [-0.25, -0.2) is 4.79 Å². The minimum Gasteiger partial charge on any atom is -0.508 e. The van der Waals surface area contributed by atoms with Crippen molar-refractivity contribution in [1.29, 1.82) is 0 Å². The van der Waals surface area contributed by atoms with E-state index in [1.54, 1.807) is 6.07 Å². The molecule has 0 unspecified atom stereocenters. The summed E-state index contributed by atoms with van der Waals surface area (Å²) in [6, 6.07) is 15.6. The maximum Gasteiger partial charge on any atom is 0.407 e. The van der Waals surface area contributed by atoms with Crippen LogP contribution in [0.1, 0.15) is 55.7 Å². The van der Waals surface area contributed by atoms with Gasteiger partial charge in [0.05, 0.1) is 0 Å². The standard InChI is InChI=1S/C24H29NO3/c1-2-24-13-7-6-10-20(24)22(14-18-11-12-19(26)15-21(18)24)25-23(27)28-16-17-8-4-3-5-9-17/h3-5,8-9,11-12,15,20,22,26H,2,6-7,10,13-14,16H2,1H3,(H,25,27)/t20-,22+,24-/m1/s1. The molecule has 2 aliphatic rings. The summed E-state index contributed by atoms with van der Waals surface area (Å²) in [4.78, 5) is 12.5. The zero-order valence-corrected chi connectivity index (χ0v) is 16.5. The van der Waals surface area contributed by atoms with Gasteiger partial charge >= 0.3 is 6.09 Å². The van der Waals surface area contributed by atoms with E-state index in [9.17, 15) is 9.90 Å². The summed E-state index contributed by atoms with van der Waals surface area (Å²) in [5.41, 5.74) is 3.55. The van der Waals surface area contributed by atoms with Crippen molar-refractivity contribution >= 4 is 6.09 Å². The van der Waals surface area contributed by atoms with Gasteiger partial charge in [-0.05, 0) is 60.4 Å². The van der Waals surface area contributed by atoms with Crippen LogP contribution in [0.4, 0.5) is 4.79 Å². The highest BCUT2D eigenvalue weighted by Crippen LogP contribution is 2.52. The van der Waals surface area contributed by atoms with Gasteiger partial charge in [-0.3, -0.25) is 0 Å². The molecule has 3 atom stereocenters. The second-order valence-electron chi connectivity index (χ2n) is 8.22. The van der Waals surface area contributed by atoms with Crippen LogP contribution >= 0.6 is 0 Å². The van der Waals surface area contributed by atoms with Crippen LogP contribution in [-0.4, -0.2) is 17.2 Å². The van der Waals surface area contributed by atoms with Crippen molar-refractivity contribution in [1.82, 2.24) is 5.32 Å². The predicted octanol–water partition coefficient (Wildman–Crippen LogP) is 5.08. The molecule has 0 aromatic heterocycles. The average Bonchev–Trinajstić information content (AvgIpc) is 2.73. The zero-order chi connectivity index (χ0) is 19.6. The number of aromatic hydroxyl groups is 1. The van der Waals surface area contributed by atoms with Crippen LogP contribution in [0.3, 0.4) is 0 Å². The monoisotopic (exact) mass is 379 g/mol. The summed E-state index contributed by atoms with van der Waals surface area (Å²) in [7, 11) is 0. The number of carbonyl (C=O) groups is 1. The molecule has 1 fully saturated rings. The van der Waals surface area contributed by atoms with E-state index >= 15 is 0 Å². The first-order valence-corrected chi connectivity index (χ1v) is 10.4. The van der Waals surface area contributed by atoms with Crippen molar-refractivity contribution in [3.05, 3.63) is 65.2 Å². The number of benzene rings is 2. The Hall–Kier alpha value is -2.49. The molecular weight excluding hydrogens is 350 g/mol. The fraction of sp³-hybridized carbons (Fsp3) is 0.458. The number of alkyl carbamates (subject to hydrolysis) is 1. The van der Waals surface area contributed by atoms with Gasteiger partial charge in [0.15, 0.2) is 0 Å². The van der Waals surface area contributed by atoms with E-state index in [2.05, 4.69) is 12.2 Å². The molecule has 2 aliphatic carbocycles. The van der Waals surface area contributed by atoms with Crippen molar-refractivity contribution in [2.45, 2.75) is 63.5 Å². The van der Waals surface area contributed by atoms with Crippen LogP contribution in [0.5, 0.6) is 5.75 Å². The minimum absolute atomic E-state index is 0.0297. The van der Waals surface area contributed by atoms with E-state index in [4.69, 9.17) is 4.74 Å². The maximum atomic E-state index is 12.5. The number of rotatable bonds is 4. The van der Waals surface area contributed by atoms with Crippen molar-refractivity contribution < 1.29 is 14.6 Å². The molecule has 0 spiro atoms. The predicted molar refractivity (Wildman–Crippen MR) is 109 cm³/mol. The van der Waals surface area contributed by atoms with Crippen LogP contribution in [0.15, 0.2) is 48.5 Å². The van der Waals surface area contributed by atoms with Gasteiger partial charge in [0, 0.05) is 11.5 Å². The van der Waals surface area contributed by atoms with Gasteiger partial charge in [-0.2, -0.15) is 0 Å². The molecule has 0 aliphatic heterocycles.